The maximum absolute atomic E-state index is 11.4. The van der Waals surface area contributed by atoms with Gasteiger partial charge >= 0.3 is 5.97 Å². The van der Waals surface area contributed by atoms with E-state index in [9.17, 15) is 4.79 Å². The maximum Gasteiger partial charge on any atom is 0.306 e. The summed E-state index contributed by atoms with van der Waals surface area (Å²) >= 11 is 0. The van der Waals surface area contributed by atoms with E-state index >= 15 is 0 Å². The van der Waals surface area contributed by atoms with Gasteiger partial charge in [-0.3, -0.25) is 4.79 Å². The van der Waals surface area contributed by atoms with E-state index in [2.05, 4.69) is 0 Å². The summed E-state index contributed by atoms with van der Waals surface area (Å²) in [6.07, 6.45) is 8.51. The summed E-state index contributed by atoms with van der Waals surface area (Å²) in [6, 6.07) is 0. The number of hydrogen-bond donors (Lipinski definition) is 0. The van der Waals surface area contributed by atoms with Gasteiger partial charge in [-0.25, -0.2) is 0 Å². The van der Waals surface area contributed by atoms with Crippen molar-refractivity contribution in [1.82, 2.24) is 0 Å². The molecule has 1 heterocycles. The van der Waals surface area contributed by atoms with Crippen molar-refractivity contribution in [3.05, 3.63) is 0 Å². The van der Waals surface area contributed by atoms with Gasteiger partial charge in [0.2, 0.25) is 0 Å². The van der Waals surface area contributed by atoms with Crippen LogP contribution in [0.25, 0.3) is 0 Å². The van der Waals surface area contributed by atoms with Crippen LogP contribution in [0.2, 0.25) is 0 Å². The summed E-state index contributed by atoms with van der Waals surface area (Å²) in [5.41, 5.74) is 0.0155. The summed E-state index contributed by atoms with van der Waals surface area (Å²) in [5.74, 6) is 3.61. The molecule has 0 N–H and O–H groups in total. The smallest absolute Gasteiger partial charge is 0.306 e. The Morgan fingerprint density at radius 1 is 1.13 bits per heavy atom. The van der Waals surface area contributed by atoms with Crippen LogP contribution in [0.15, 0.2) is 0 Å². The van der Waals surface area contributed by atoms with Crippen LogP contribution < -0.4 is 0 Å². The van der Waals surface area contributed by atoms with E-state index in [0.29, 0.717) is 6.42 Å². The minimum Gasteiger partial charge on any atom is -0.459 e. The zero-order valence-electron chi connectivity index (χ0n) is 9.08. The lowest BCUT2D eigenvalue weighted by Crippen LogP contribution is -2.38. The Labute approximate surface area is 90.4 Å². The fraction of sp³-hybridized carbons (Fsp3) is 0.923. The number of esters is 1. The molecule has 4 aliphatic rings. The second-order valence-corrected chi connectivity index (χ2v) is 6.10. The fourth-order valence-electron chi connectivity index (χ4n) is 5.28. The Morgan fingerprint density at radius 3 is 2.80 bits per heavy atom. The molecule has 82 valence electrons. The summed E-state index contributed by atoms with van der Waals surface area (Å²) in [6.45, 7) is 0. The van der Waals surface area contributed by atoms with Crippen LogP contribution in [0.3, 0.4) is 0 Å². The maximum atomic E-state index is 11.4. The lowest BCUT2D eigenvalue weighted by molar-refractivity contribution is -0.153. The van der Waals surface area contributed by atoms with Gasteiger partial charge < -0.3 is 4.74 Å². The van der Waals surface area contributed by atoms with Gasteiger partial charge in [-0.05, 0) is 56.3 Å². The molecule has 3 aliphatic carbocycles. The van der Waals surface area contributed by atoms with Gasteiger partial charge in [-0.15, -0.1) is 0 Å². The van der Waals surface area contributed by atoms with Crippen molar-refractivity contribution in [1.29, 1.82) is 0 Å². The van der Waals surface area contributed by atoms with Crippen molar-refractivity contribution in [3.8, 4) is 0 Å². The first-order valence-corrected chi connectivity index (χ1v) is 6.50. The Bertz CT molecular complexity index is 324. The van der Waals surface area contributed by atoms with Gasteiger partial charge in [-0.2, -0.15) is 0 Å². The van der Waals surface area contributed by atoms with Crippen LogP contribution in [0.4, 0.5) is 0 Å². The van der Waals surface area contributed by atoms with Gasteiger partial charge in [0.15, 0.2) is 0 Å². The number of fused-ring (bicyclic) bond motifs is 6. The lowest BCUT2D eigenvalue weighted by Gasteiger charge is -2.35. The molecule has 3 saturated carbocycles. The molecule has 0 amide bonds. The molecule has 0 radical (unpaired) electrons. The van der Waals surface area contributed by atoms with Crippen LogP contribution >= 0.6 is 0 Å². The molecule has 15 heavy (non-hydrogen) atoms. The molecule has 0 aromatic carbocycles. The molecule has 2 bridgehead atoms. The Kier molecular flexibility index (Phi) is 1.48. The van der Waals surface area contributed by atoms with Crippen LogP contribution in [0.5, 0.6) is 0 Å². The molecular formula is C13H18O2. The SMILES string of the molecule is O=C1CC[C@]2(CC[C@H]3[C@H]4CC[C@@H](C4)[C@H]32)O1. The highest BCUT2D eigenvalue weighted by molar-refractivity contribution is 5.72. The molecule has 5 atom stereocenters. The molecule has 1 spiro atoms. The van der Waals surface area contributed by atoms with Crippen LogP contribution in [0, 0.1) is 23.7 Å². The van der Waals surface area contributed by atoms with Crippen molar-refractivity contribution in [2.75, 3.05) is 0 Å². The Hall–Kier alpha value is -0.530. The molecular weight excluding hydrogens is 188 g/mol. The standard InChI is InChI=1S/C13H18O2/c14-11-4-6-13(15-11)5-3-10-8-1-2-9(7-8)12(10)13/h8-10,12H,1-7H2/t8-,9-,10-,12+,13-/m0/s1. The number of carbonyl (C=O) groups excluding carboxylic acids is 1. The number of ether oxygens (including phenoxy) is 1. The van der Waals surface area contributed by atoms with E-state index in [1.807, 2.05) is 0 Å². The Balaban J connectivity index is 1.70. The van der Waals surface area contributed by atoms with Crippen LogP contribution in [-0.4, -0.2) is 11.6 Å². The fourth-order valence-corrected chi connectivity index (χ4v) is 5.28. The first-order valence-electron chi connectivity index (χ1n) is 6.50. The number of carbonyl (C=O) groups is 1. The topological polar surface area (TPSA) is 26.3 Å². The normalized spacial score (nSPS) is 56.4. The van der Waals surface area contributed by atoms with Gasteiger partial charge in [-0.1, -0.05) is 0 Å². The molecule has 0 aromatic heterocycles. The molecule has 2 nitrogen and oxygen atoms in total. The lowest BCUT2D eigenvalue weighted by atomic mass is 9.75. The monoisotopic (exact) mass is 206 g/mol. The van der Waals surface area contributed by atoms with Crippen molar-refractivity contribution < 1.29 is 9.53 Å². The Morgan fingerprint density at radius 2 is 2.00 bits per heavy atom. The van der Waals surface area contributed by atoms with Crippen molar-refractivity contribution in [2.24, 2.45) is 23.7 Å². The van der Waals surface area contributed by atoms with Gasteiger partial charge in [0, 0.05) is 12.3 Å². The van der Waals surface area contributed by atoms with E-state index in [-0.39, 0.29) is 11.6 Å². The third-order valence-corrected chi connectivity index (χ3v) is 5.67. The third-order valence-electron chi connectivity index (χ3n) is 5.67. The van der Waals surface area contributed by atoms with E-state index in [0.717, 1.165) is 30.1 Å². The van der Waals surface area contributed by atoms with E-state index in [4.69, 9.17) is 4.74 Å². The molecule has 1 aliphatic heterocycles. The van der Waals surface area contributed by atoms with Crippen LogP contribution in [-0.2, 0) is 9.53 Å². The predicted octanol–water partition coefficient (Wildman–Crippen LogP) is 2.52. The largest absolute Gasteiger partial charge is 0.459 e. The van der Waals surface area contributed by atoms with E-state index in [1.165, 1.54) is 32.1 Å². The van der Waals surface area contributed by atoms with E-state index < -0.39 is 0 Å². The quantitative estimate of drug-likeness (QED) is 0.569. The minimum atomic E-state index is 0.0155. The highest BCUT2D eigenvalue weighted by Crippen LogP contribution is 2.64. The zero-order valence-corrected chi connectivity index (χ0v) is 9.08. The van der Waals surface area contributed by atoms with Gasteiger partial charge in [0.25, 0.3) is 0 Å². The van der Waals surface area contributed by atoms with Crippen LogP contribution in [0.1, 0.15) is 44.9 Å². The highest BCUT2D eigenvalue weighted by atomic mass is 16.6. The predicted molar refractivity (Wildman–Crippen MR) is 55.1 cm³/mol. The van der Waals surface area contributed by atoms with Crippen molar-refractivity contribution in [2.45, 2.75) is 50.5 Å². The highest BCUT2D eigenvalue weighted by Gasteiger charge is 2.63. The van der Waals surface area contributed by atoms with Crippen molar-refractivity contribution in [3.63, 3.8) is 0 Å². The van der Waals surface area contributed by atoms with Gasteiger partial charge in [0.05, 0.1) is 0 Å². The summed E-state index contributed by atoms with van der Waals surface area (Å²) in [7, 11) is 0. The summed E-state index contributed by atoms with van der Waals surface area (Å²) in [5, 5.41) is 0. The molecule has 0 aromatic rings. The van der Waals surface area contributed by atoms with Crippen molar-refractivity contribution >= 4 is 5.97 Å². The average molecular weight is 206 g/mol. The first kappa shape index (κ1) is 8.60. The molecule has 0 unspecified atom stereocenters. The minimum absolute atomic E-state index is 0.0155. The molecule has 4 fully saturated rings. The first-order chi connectivity index (χ1) is 7.28. The average Bonchev–Trinajstić information content (AvgIpc) is 2.92. The summed E-state index contributed by atoms with van der Waals surface area (Å²) in [4.78, 5) is 11.4. The number of hydrogen-bond acceptors (Lipinski definition) is 2. The zero-order chi connectivity index (χ0) is 10.0. The number of rotatable bonds is 0. The third kappa shape index (κ3) is 0.938. The summed E-state index contributed by atoms with van der Waals surface area (Å²) < 4.78 is 5.74. The molecule has 4 rings (SSSR count). The second-order valence-electron chi connectivity index (χ2n) is 6.10. The van der Waals surface area contributed by atoms with E-state index in [1.54, 1.807) is 0 Å². The molecule has 2 heteroatoms. The van der Waals surface area contributed by atoms with Gasteiger partial charge in [0.1, 0.15) is 5.60 Å². The molecule has 1 saturated heterocycles. The second kappa shape index (κ2) is 2.58.